The van der Waals surface area contributed by atoms with Gasteiger partial charge in [0.1, 0.15) is 5.82 Å². The minimum absolute atomic E-state index is 0.119. The van der Waals surface area contributed by atoms with Crippen LogP contribution in [0.2, 0.25) is 5.02 Å². The Bertz CT molecular complexity index is 766. The van der Waals surface area contributed by atoms with E-state index in [0.29, 0.717) is 17.7 Å². The van der Waals surface area contributed by atoms with E-state index in [-0.39, 0.29) is 22.1 Å². The topological polar surface area (TPSA) is 53.2 Å². The van der Waals surface area contributed by atoms with Gasteiger partial charge in [0.15, 0.2) is 11.5 Å². The molecule has 0 atom stereocenters. The molecular formula is C17H13ClFNO2. The van der Waals surface area contributed by atoms with Gasteiger partial charge in [-0.05, 0) is 48.4 Å². The summed E-state index contributed by atoms with van der Waals surface area (Å²) in [6.07, 6.45) is 1.56. The Morgan fingerprint density at radius 2 is 2.18 bits per heavy atom. The number of hydrogen-bond acceptors (Lipinski definition) is 3. The Morgan fingerprint density at radius 1 is 1.41 bits per heavy atom. The smallest absolute Gasteiger partial charge is 0.176 e. The Kier molecular flexibility index (Phi) is 5.03. The molecule has 0 aliphatic rings. The van der Waals surface area contributed by atoms with Crippen LogP contribution >= 0.6 is 11.6 Å². The van der Waals surface area contributed by atoms with E-state index < -0.39 is 5.82 Å². The lowest BCUT2D eigenvalue weighted by Crippen LogP contribution is -1.93. The third-order valence-electron chi connectivity index (χ3n) is 2.92. The second-order valence-electron chi connectivity index (χ2n) is 4.46. The fourth-order valence-corrected chi connectivity index (χ4v) is 2.16. The molecule has 0 radical (unpaired) electrons. The number of benzene rings is 2. The van der Waals surface area contributed by atoms with Gasteiger partial charge in [0, 0.05) is 0 Å². The minimum Gasteiger partial charge on any atom is -0.503 e. The van der Waals surface area contributed by atoms with Crippen molar-refractivity contribution in [1.29, 1.82) is 5.26 Å². The van der Waals surface area contributed by atoms with Crippen LogP contribution in [-0.2, 0) is 0 Å². The van der Waals surface area contributed by atoms with Crippen LogP contribution < -0.4 is 4.74 Å². The first-order valence-electron chi connectivity index (χ1n) is 6.58. The summed E-state index contributed by atoms with van der Waals surface area (Å²) in [5.74, 6) is -0.333. The number of allylic oxidation sites excluding steroid dienone is 1. The fraction of sp³-hybridized carbons (Fsp3) is 0.118. The number of hydrogen-bond donors (Lipinski definition) is 1. The van der Waals surface area contributed by atoms with Crippen molar-refractivity contribution < 1.29 is 14.2 Å². The standard InChI is InChI=1S/C17H13ClFNO2/c1-2-22-16-8-11(7-15(18)17(16)21)6-13(10-20)12-4-3-5-14(19)9-12/h3-9,21H,2H2,1H3/b13-6-. The van der Waals surface area contributed by atoms with Crippen molar-refractivity contribution >= 4 is 23.3 Å². The van der Waals surface area contributed by atoms with Gasteiger partial charge in [0.05, 0.1) is 23.3 Å². The number of rotatable bonds is 4. The zero-order chi connectivity index (χ0) is 16.1. The molecule has 22 heavy (non-hydrogen) atoms. The lowest BCUT2D eigenvalue weighted by atomic mass is 10.0. The first-order valence-corrected chi connectivity index (χ1v) is 6.96. The maximum absolute atomic E-state index is 13.3. The SMILES string of the molecule is CCOc1cc(/C=C(/C#N)c2cccc(F)c2)cc(Cl)c1O. The summed E-state index contributed by atoms with van der Waals surface area (Å²) in [7, 11) is 0. The van der Waals surface area contributed by atoms with Crippen LogP contribution in [0.25, 0.3) is 11.6 Å². The van der Waals surface area contributed by atoms with Crippen molar-refractivity contribution in [3.8, 4) is 17.6 Å². The highest BCUT2D eigenvalue weighted by molar-refractivity contribution is 6.32. The van der Waals surface area contributed by atoms with Crippen LogP contribution in [0.5, 0.6) is 11.5 Å². The predicted molar refractivity (Wildman–Crippen MR) is 84.2 cm³/mol. The first kappa shape index (κ1) is 15.9. The summed E-state index contributed by atoms with van der Waals surface area (Å²) < 4.78 is 18.6. The minimum atomic E-state index is -0.419. The highest BCUT2D eigenvalue weighted by Gasteiger charge is 2.10. The van der Waals surface area contributed by atoms with Crippen molar-refractivity contribution in [2.24, 2.45) is 0 Å². The van der Waals surface area contributed by atoms with Crippen LogP contribution in [0, 0.1) is 17.1 Å². The third kappa shape index (κ3) is 3.57. The largest absolute Gasteiger partial charge is 0.503 e. The second-order valence-corrected chi connectivity index (χ2v) is 4.87. The number of ether oxygens (including phenoxy) is 1. The quantitative estimate of drug-likeness (QED) is 0.659. The molecule has 3 nitrogen and oxygen atoms in total. The highest BCUT2D eigenvalue weighted by atomic mass is 35.5. The van der Waals surface area contributed by atoms with Gasteiger partial charge in [-0.15, -0.1) is 0 Å². The molecule has 2 aromatic rings. The molecule has 0 saturated heterocycles. The van der Waals surface area contributed by atoms with Crippen molar-refractivity contribution in [2.75, 3.05) is 6.61 Å². The summed E-state index contributed by atoms with van der Waals surface area (Å²) >= 11 is 5.95. The average molecular weight is 318 g/mol. The van der Waals surface area contributed by atoms with Gasteiger partial charge < -0.3 is 9.84 Å². The number of halogens is 2. The monoisotopic (exact) mass is 317 g/mol. The van der Waals surface area contributed by atoms with Crippen LogP contribution in [0.1, 0.15) is 18.1 Å². The summed E-state index contributed by atoms with van der Waals surface area (Å²) in [5, 5.41) is 19.2. The molecule has 0 aliphatic heterocycles. The van der Waals surface area contributed by atoms with Gasteiger partial charge in [-0.25, -0.2) is 4.39 Å². The van der Waals surface area contributed by atoms with E-state index in [2.05, 4.69) is 0 Å². The molecule has 2 aromatic carbocycles. The second kappa shape index (κ2) is 6.97. The molecular weight excluding hydrogens is 305 g/mol. The van der Waals surface area contributed by atoms with Crippen molar-refractivity contribution in [3.05, 3.63) is 58.4 Å². The number of phenols is 1. The molecule has 1 N–H and O–H groups in total. The number of phenolic OH excluding ortho intramolecular Hbond substituents is 1. The summed E-state index contributed by atoms with van der Waals surface area (Å²) in [5.41, 5.74) is 1.32. The predicted octanol–water partition coefficient (Wildman–Crippen LogP) is 4.65. The lowest BCUT2D eigenvalue weighted by molar-refractivity contribution is 0.318. The summed E-state index contributed by atoms with van der Waals surface area (Å²) in [4.78, 5) is 0. The van der Waals surface area contributed by atoms with Crippen LogP contribution in [-0.4, -0.2) is 11.7 Å². The van der Waals surface area contributed by atoms with E-state index in [9.17, 15) is 14.8 Å². The molecule has 0 heterocycles. The Balaban J connectivity index is 2.48. The van der Waals surface area contributed by atoms with Crippen LogP contribution in [0.4, 0.5) is 4.39 Å². The fourth-order valence-electron chi connectivity index (χ4n) is 1.95. The molecule has 0 bridgehead atoms. The molecule has 0 unspecified atom stereocenters. The van der Waals surface area contributed by atoms with Gasteiger partial charge in [-0.1, -0.05) is 23.7 Å². The van der Waals surface area contributed by atoms with Gasteiger partial charge in [0.25, 0.3) is 0 Å². The zero-order valence-corrected chi connectivity index (χ0v) is 12.6. The van der Waals surface area contributed by atoms with Gasteiger partial charge >= 0.3 is 0 Å². The van der Waals surface area contributed by atoms with Gasteiger partial charge in [0.2, 0.25) is 0 Å². The maximum Gasteiger partial charge on any atom is 0.176 e. The number of aromatic hydroxyl groups is 1. The molecule has 112 valence electrons. The Hall–Kier alpha value is -2.51. The van der Waals surface area contributed by atoms with Gasteiger partial charge in [-0.2, -0.15) is 5.26 Å². The van der Waals surface area contributed by atoms with E-state index in [4.69, 9.17) is 16.3 Å². The molecule has 0 aromatic heterocycles. The molecule has 0 saturated carbocycles. The van der Waals surface area contributed by atoms with Crippen molar-refractivity contribution in [1.82, 2.24) is 0 Å². The van der Waals surface area contributed by atoms with E-state index in [1.807, 2.05) is 6.07 Å². The summed E-state index contributed by atoms with van der Waals surface area (Å²) in [6, 6.07) is 10.9. The normalized spacial score (nSPS) is 11.1. The van der Waals surface area contributed by atoms with E-state index in [1.165, 1.54) is 24.3 Å². The molecule has 0 spiro atoms. The van der Waals surface area contributed by atoms with Crippen LogP contribution in [0.3, 0.4) is 0 Å². The average Bonchev–Trinajstić information content (AvgIpc) is 2.50. The van der Waals surface area contributed by atoms with Gasteiger partial charge in [-0.3, -0.25) is 0 Å². The van der Waals surface area contributed by atoms with E-state index in [1.54, 1.807) is 25.1 Å². The molecule has 0 aliphatic carbocycles. The first-order chi connectivity index (χ1) is 10.5. The summed E-state index contributed by atoms with van der Waals surface area (Å²) in [6.45, 7) is 2.15. The molecule has 5 heteroatoms. The van der Waals surface area contributed by atoms with E-state index in [0.717, 1.165) is 0 Å². The zero-order valence-electron chi connectivity index (χ0n) is 11.8. The molecule has 2 rings (SSSR count). The molecule has 0 amide bonds. The van der Waals surface area contributed by atoms with Crippen molar-refractivity contribution in [3.63, 3.8) is 0 Å². The number of nitrogens with zero attached hydrogens (tertiary/aromatic N) is 1. The lowest BCUT2D eigenvalue weighted by Gasteiger charge is -2.09. The molecule has 0 fully saturated rings. The maximum atomic E-state index is 13.3. The Labute approximate surface area is 132 Å². The number of nitriles is 1. The van der Waals surface area contributed by atoms with E-state index >= 15 is 0 Å². The van der Waals surface area contributed by atoms with Crippen molar-refractivity contribution in [2.45, 2.75) is 6.92 Å². The Morgan fingerprint density at radius 3 is 2.82 bits per heavy atom. The third-order valence-corrected chi connectivity index (χ3v) is 3.21. The van der Waals surface area contributed by atoms with Crippen LogP contribution in [0.15, 0.2) is 36.4 Å². The highest BCUT2D eigenvalue weighted by Crippen LogP contribution is 2.36.